The first-order valence-electron chi connectivity index (χ1n) is 6.93. The van der Waals surface area contributed by atoms with Crippen molar-refractivity contribution in [3.63, 3.8) is 0 Å². The number of halogens is 1. The molecule has 0 radical (unpaired) electrons. The van der Waals surface area contributed by atoms with Gasteiger partial charge in [-0.05, 0) is 72.3 Å². The summed E-state index contributed by atoms with van der Waals surface area (Å²) in [5, 5.41) is 13.0. The zero-order valence-corrected chi connectivity index (χ0v) is 12.9. The lowest BCUT2D eigenvalue weighted by molar-refractivity contribution is 0.117. The number of methoxy groups -OCH3 is 1. The van der Waals surface area contributed by atoms with Crippen molar-refractivity contribution in [2.75, 3.05) is 13.7 Å². The van der Waals surface area contributed by atoms with Crippen LogP contribution >= 0.6 is 15.9 Å². The summed E-state index contributed by atoms with van der Waals surface area (Å²) >= 11 is 3.51. The van der Waals surface area contributed by atoms with Gasteiger partial charge in [-0.3, -0.25) is 0 Å². The second kappa shape index (κ2) is 7.27. The molecule has 0 spiro atoms. The number of aliphatic hydroxyl groups is 1. The summed E-state index contributed by atoms with van der Waals surface area (Å²) in [4.78, 5) is 0. The predicted molar refractivity (Wildman–Crippen MR) is 80.7 cm³/mol. The molecule has 0 aromatic heterocycles. The number of nitrogens with one attached hydrogen (secondary N) is 1. The minimum absolute atomic E-state index is 0.0735. The van der Waals surface area contributed by atoms with Crippen LogP contribution in [0.1, 0.15) is 31.2 Å². The van der Waals surface area contributed by atoms with Crippen LogP contribution in [0.25, 0.3) is 0 Å². The molecule has 1 aromatic rings. The lowest BCUT2D eigenvalue weighted by Crippen LogP contribution is -2.35. The van der Waals surface area contributed by atoms with E-state index in [1.54, 1.807) is 7.11 Å². The highest BCUT2D eigenvalue weighted by Crippen LogP contribution is 2.25. The summed E-state index contributed by atoms with van der Waals surface area (Å²) in [6.45, 7) is 0.986. The largest absolute Gasteiger partial charge is 0.496 e. The fourth-order valence-electron chi connectivity index (χ4n) is 2.57. The Morgan fingerprint density at radius 1 is 1.32 bits per heavy atom. The lowest BCUT2D eigenvalue weighted by atomic mass is 9.93. The molecule has 1 saturated carbocycles. The van der Waals surface area contributed by atoms with Gasteiger partial charge in [0.2, 0.25) is 0 Å². The molecule has 0 saturated heterocycles. The third-order valence-electron chi connectivity index (χ3n) is 3.76. The van der Waals surface area contributed by atoms with Crippen LogP contribution in [-0.2, 0) is 6.42 Å². The molecule has 0 bridgehead atoms. The molecular weight excluding hydrogens is 306 g/mol. The molecule has 106 valence electrons. The third kappa shape index (κ3) is 4.48. The van der Waals surface area contributed by atoms with Crippen LogP contribution in [0.2, 0.25) is 0 Å². The van der Waals surface area contributed by atoms with Gasteiger partial charge in [-0.15, -0.1) is 0 Å². The van der Waals surface area contributed by atoms with E-state index < -0.39 is 0 Å². The Balaban J connectivity index is 1.75. The van der Waals surface area contributed by atoms with Gasteiger partial charge >= 0.3 is 0 Å². The lowest BCUT2D eigenvalue weighted by Gasteiger charge is -2.26. The average molecular weight is 328 g/mol. The Labute approximate surface area is 123 Å². The van der Waals surface area contributed by atoms with E-state index in [9.17, 15) is 5.11 Å². The molecule has 1 fully saturated rings. The Bertz CT molecular complexity index is 403. The van der Waals surface area contributed by atoms with E-state index in [-0.39, 0.29) is 6.10 Å². The summed E-state index contributed by atoms with van der Waals surface area (Å²) in [6, 6.07) is 6.79. The molecule has 0 aliphatic heterocycles. The molecule has 1 aliphatic rings. The van der Waals surface area contributed by atoms with Gasteiger partial charge in [0.1, 0.15) is 5.75 Å². The Kier molecular flexibility index (Phi) is 5.67. The zero-order valence-electron chi connectivity index (χ0n) is 11.4. The Hall–Kier alpha value is -0.580. The monoisotopic (exact) mass is 327 g/mol. The smallest absolute Gasteiger partial charge is 0.133 e. The van der Waals surface area contributed by atoms with Gasteiger partial charge in [-0.1, -0.05) is 6.07 Å². The number of aliphatic hydroxyl groups excluding tert-OH is 1. The van der Waals surface area contributed by atoms with Gasteiger partial charge in [0, 0.05) is 6.04 Å². The second-order valence-electron chi connectivity index (χ2n) is 5.18. The van der Waals surface area contributed by atoms with Crippen molar-refractivity contribution < 1.29 is 9.84 Å². The SMILES string of the molecule is COc1ccc(CCNC2CCC(O)CC2)cc1Br. The Morgan fingerprint density at radius 3 is 2.68 bits per heavy atom. The van der Waals surface area contributed by atoms with Crippen molar-refractivity contribution in [1.82, 2.24) is 5.32 Å². The van der Waals surface area contributed by atoms with Crippen molar-refractivity contribution in [2.45, 2.75) is 44.2 Å². The van der Waals surface area contributed by atoms with E-state index in [2.05, 4.69) is 33.4 Å². The van der Waals surface area contributed by atoms with Crippen LogP contribution < -0.4 is 10.1 Å². The number of ether oxygens (including phenoxy) is 1. The topological polar surface area (TPSA) is 41.5 Å². The first-order chi connectivity index (χ1) is 9.19. The fraction of sp³-hybridized carbons (Fsp3) is 0.600. The number of benzene rings is 1. The molecule has 2 rings (SSSR count). The fourth-order valence-corrected chi connectivity index (χ4v) is 3.15. The van der Waals surface area contributed by atoms with Crippen LogP contribution in [0.15, 0.2) is 22.7 Å². The number of hydrogen-bond acceptors (Lipinski definition) is 3. The summed E-state index contributed by atoms with van der Waals surface area (Å²) < 4.78 is 6.23. The highest BCUT2D eigenvalue weighted by molar-refractivity contribution is 9.10. The molecule has 19 heavy (non-hydrogen) atoms. The quantitative estimate of drug-likeness (QED) is 0.873. The van der Waals surface area contributed by atoms with E-state index in [1.807, 2.05) is 6.07 Å². The Morgan fingerprint density at radius 2 is 2.05 bits per heavy atom. The van der Waals surface area contributed by atoms with E-state index >= 15 is 0 Å². The molecule has 0 atom stereocenters. The van der Waals surface area contributed by atoms with Gasteiger partial charge in [-0.25, -0.2) is 0 Å². The van der Waals surface area contributed by atoms with Gasteiger partial charge in [0.25, 0.3) is 0 Å². The number of rotatable bonds is 5. The molecule has 3 nitrogen and oxygen atoms in total. The molecule has 0 unspecified atom stereocenters. The van der Waals surface area contributed by atoms with Crippen LogP contribution in [0.4, 0.5) is 0 Å². The first kappa shape index (κ1) is 14.8. The molecule has 0 heterocycles. The van der Waals surface area contributed by atoms with Gasteiger partial charge in [0.05, 0.1) is 17.7 Å². The van der Waals surface area contributed by atoms with Crippen LogP contribution in [-0.4, -0.2) is 30.9 Å². The predicted octanol–water partition coefficient (Wildman–Crippen LogP) is 2.89. The van der Waals surface area contributed by atoms with Crippen molar-refractivity contribution >= 4 is 15.9 Å². The molecule has 1 aromatic carbocycles. The maximum absolute atomic E-state index is 9.47. The molecule has 0 amide bonds. The van der Waals surface area contributed by atoms with Crippen LogP contribution in [0.5, 0.6) is 5.75 Å². The van der Waals surface area contributed by atoms with Gasteiger partial charge in [-0.2, -0.15) is 0 Å². The second-order valence-corrected chi connectivity index (χ2v) is 6.03. The van der Waals surface area contributed by atoms with Gasteiger partial charge in [0.15, 0.2) is 0 Å². The van der Waals surface area contributed by atoms with Gasteiger partial charge < -0.3 is 15.2 Å². The van der Waals surface area contributed by atoms with E-state index in [4.69, 9.17) is 4.74 Å². The average Bonchev–Trinajstić information content (AvgIpc) is 2.41. The summed E-state index contributed by atoms with van der Waals surface area (Å²) in [6.07, 6.45) is 5.00. The highest BCUT2D eigenvalue weighted by Gasteiger charge is 2.18. The molecule has 4 heteroatoms. The minimum Gasteiger partial charge on any atom is -0.496 e. The highest BCUT2D eigenvalue weighted by atomic mass is 79.9. The summed E-state index contributed by atoms with van der Waals surface area (Å²) in [7, 11) is 1.68. The van der Waals surface area contributed by atoms with Crippen LogP contribution in [0, 0.1) is 0 Å². The molecular formula is C15H22BrNO2. The third-order valence-corrected chi connectivity index (χ3v) is 4.38. The minimum atomic E-state index is -0.0735. The zero-order chi connectivity index (χ0) is 13.7. The molecule has 1 aliphatic carbocycles. The van der Waals surface area contributed by atoms with Crippen molar-refractivity contribution in [1.29, 1.82) is 0 Å². The normalized spacial score (nSPS) is 23.3. The summed E-state index contributed by atoms with van der Waals surface area (Å²) in [5.41, 5.74) is 1.30. The first-order valence-corrected chi connectivity index (χ1v) is 7.72. The van der Waals surface area contributed by atoms with Crippen molar-refractivity contribution in [3.05, 3.63) is 28.2 Å². The summed E-state index contributed by atoms with van der Waals surface area (Å²) in [5.74, 6) is 0.873. The van der Waals surface area contributed by atoms with Crippen LogP contribution in [0.3, 0.4) is 0 Å². The standard InChI is InChI=1S/C15H22BrNO2/c1-19-15-7-2-11(10-14(15)16)8-9-17-12-3-5-13(18)6-4-12/h2,7,10,12-13,17-18H,3-6,8-9H2,1H3. The van der Waals surface area contributed by atoms with Crippen molar-refractivity contribution in [3.8, 4) is 5.75 Å². The maximum atomic E-state index is 9.47. The van der Waals surface area contributed by atoms with E-state index in [0.29, 0.717) is 6.04 Å². The maximum Gasteiger partial charge on any atom is 0.133 e. The molecule has 2 N–H and O–H groups in total. The van der Waals surface area contributed by atoms with Crippen molar-refractivity contribution in [2.24, 2.45) is 0 Å². The van der Waals surface area contributed by atoms with E-state index in [0.717, 1.165) is 48.9 Å². The number of hydrogen-bond donors (Lipinski definition) is 2. The van der Waals surface area contributed by atoms with E-state index in [1.165, 1.54) is 5.56 Å².